The fourth-order valence-electron chi connectivity index (χ4n) is 2.85. The molecule has 0 saturated carbocycles. The molecule has 1 aromatic heterocycles. The molecule has 22 heavy (non-hydrogen) atoms. The molecule has 0 radical (unpaired) electrons. The Balaban J connectivity index is 1.66. The van der Waals surface area contributed by atoms with Crippen molar-refractivity contribution in [2.24, 2.45) is 0 Å². The molecule has 1 fully saturated rings. The first-order valence-corrected chi connectivity index (χ1v) is 7.66. The van der Waals surface area contributed by atoms with Gasteiger partial charge in [-0.3, -0.25) is 9.69 Å². The van der Waals surface area contributed by atoms with Crippen LogP contribution in [-0.4, -0.2) is 52.4 Å². The van der Waals surface area contributed by atoms with E-state index in [1.165, 1.54) is 5.56 Å². The Morgan fingerprint density at radius 2 is 2.09 bits per heavy atom. The van der Waals surface area contributed by atoms with Crippen molar-refractivity contribution in [3.8, 4) is 0 Å². The van der Waals surface area contributed by atoms with Crippen molar-refractivity contribution in [1.29, 1.82) is 0 Å². The number of H-pyrrole nitrogens is 1. The summed E-state index contributed by atoms with van der Waals surface area (Å²) in [5, 5.41) is 0. The highest BCUT2D eigenvalue weighted by atomic mass is 16.2. The Hall–Kier alpha value is -2.14. The third-order valence-corrected chi connectivity index (χ3v) is 4.31. The van der Waals surface area contributed by atoms with Crippen LogP contribution in [0.1, 0.15) is 23.0 Å². The van der Waals surface area contributed by atoms with Crippen LogP contribution < -0.4 is 0 Å². The summed E-state index contributed by atoms with van der Waals surface area (Å²) in [6.07, 6.45) is 4.06. The number of hydrogen-bond acceptors (Lipinski definition) is 3. The van der Waals surface area contributed by atoms with E-state index in [1.807, 2.05) is 23.2 Å². The number of likely N-dealkylation sites (N-methyl/N-ethyl adjacent to an activating group) is 1. The maximum atomic E-state index is 12.6. The monoisotopic (exact) mass is 298 g/mol. The minimum Gasteiger partial charge on any atom is -0.347 e. The number of carbonyl (C=O) groups excluding carboxylic acids is 1. The molecule has 0 unspecified atom stereocenters. The average molecular weight is 298 g/mol. The first kappa shape index (κ1) is 14.8. The fraction of sp³-hybridized carbons (Fsp3) is 0.412. The molecule has 0 bridgehead atoms. The number of aromatic nitrogens is 2. The van der Waals surface area contributed by atoms with E-state index in [9.17, 15) is 4.79 Å². The molecule has 1 aliphatic rings. The van der Waals surface area contributed by atoms with Gasteiger partial charge in [-0.25, -0.2) is 4.98 Å². The summed E-state index contributed by atoms with van der Waals surface area (Å²) in [6, 6.07) is 8.32. The molecule has 116 valence electrons. The molecule has 1 aliphatic heterocycles. The average Bonchev–Trinajstić information content (AvgIpc) is 3.04. The minimum atomic E-state index is 0.144. The van der Waals surface area contributed by atoms with E-state index >= 15 is 0 Å². The van der Waals surface area contributed by atoms with Crippen molar-refractivity contribution in [3.05, 3.63) is 53.6 Å². The Morgan fingerprint density at radius 3 is 2.77 bits per heavy atom. The van der Waals surface area contributed by atoms with Crippen LogP contribution in [0.5, 0.6) is 0 Å². The second-order valence-corrected chi connectivity index (χ2v) is 5.97. The van der Waals surface area contributed by atoms with Gasteiger partial charge in [-0.1, -0.05) is 29.8 Å². The summed E-state index contributed by atoms with van der Waals surface area (Å²) in [6.45, 7) is 4.39. The number of amides is 1. The molecular weight excluding hydrogens is 276 g/mol. The number of imidazole rings is 1. The second kappa shape index (κ2) is 6.32. The number of hydrogen-bond donors (Lipinski definition) is 1. The summed E-state index contributed by atoms with van der Waals surface area (Å²) in [4.78, 5) is 24.3. The van der Waals surface area contributed by atoms with E-state index in [4.69, 9.17) is 0 Å². The molecule has 5 nitrogen and oxygen atoms in total. The fourth-order valence-corrected chi connectivity index (χ4v) is 2.85. The lowest BCUT2D eigenvalue weighted by molar-refractivity contribution is -0.133. The van der Waals surface area contributed by atoms with Crippen LogP contribution in [0.3, 0.4) is 0 Å². The topological polar surface area (TPSA) is 52.2 Å². The summed E-state index contributed by atoms with van der Waals surface area (Å²) in [7, 11) is 2.08. The highest BCUT2D eigenvalue weighted by Crippen LogP contribution is 2.21. The number of nitrogens with one attached hydrogen (secondary N) is 1. The molecule has 5 heteroatoms. The Morgan fingerprint density at radius 1 is 1.32 bits per heavy atom. The van der Waals surface area contributed by atoms with Crippen LogP contribution in [0.4, 0.5) is 0 Å². The van der Waals surface area contributed by atoms with Crippen LogP contribution in [-0.2, 0) is 11.2 Å². The van der Waals surface area contributed by atoms with Crippen LogP contribution in [0.2, 0.25) is 0 Å². The van der Waals surface area contributed by atoms with Gasteiger partial charge in [0.1, 0.15) is 5.82 Å². The maximum Gasteiger partial charge on any atom is 0.227 e. The maximum absolute atomic E-state index is 12.6. The summed E-state index contributed by atoms with van der Waals surface area (Å²) in [5.41, 5.74) is 2.29. The minimum absolute atomic E-state index is 0.144. The lowest BCUT2D eigenvalue weighted by Crippen LogP contribution is -2.49. The molecule has 1 aromatic carbocycles. The van der Waals surface area contributed by atoms with Crippen molar-refractivity contribution in [2.75, 3.05) is 26.7 Å². The molecule has 1 atom stereocenters. The summed E-state index contributed by atoms with van der Waals surface area (Å²) in [5.74, 6) is 1.11. The lowest BCUT2D eigenvalue weighted by atomic mass is 10.1. The standard InChI is InChI=1S/C17H22N4O/c1-13-3-5-14(6-4-13)11-16(22)21-10-9-20(2)15(12-21)17-18-7-8-19-17/h3-8,15H,9-12H2,1-2H3,(H,18,19)/t15-/m0/s1. The third kappa shape index (κ3) is 3.20. The Kier molecular flexibility index (Phi) is 4.24. The molecule has 0 aliphatic carbocycles. The molecular formula is C17H22N4O. The van der Waals surface area contributed by atoms with Crippen LogP contribution >= 0.6 is 0 Å². The molecule has 2 heterocycles. The van der Waals surface area contributed by atoms with Gasteiger partial charge in [-0.05, 0) is 19.5 Å². The van der Waals surface area contributed by atoms with Gasteiger partial charge in [0, 0.05) is 32.0 Å². The number of piperazine rings is 1. The van der Waals surface area contributed by atoms with E-state index in [1.54, 1.807) is 6.20 Å². The number of carbonyl (C=O) groups is 1. The van der Waals surface area contributed by atoms with E-state index in [-0.39, 0.29) is 11.9 Å². The van der Waals surface area contributed by atoms with Crippen LogP contribution in [0.25, 0.3) is 0 Å². The van der Waals surface area contributed by atoms with E-state index in [0.717, 1.165) is 24.5 Å². The zero-order valence-electron chi connectivity index (χ0n) is 13.1. The largest absolute Gasteiger partial charge is 0.347 e. The molecule has 3 rings (SSSR count). The summed E-state index contributed by atoms with van der Waals surface area (Å²) >= 11 is 0. The smallest absolute Gasteiger partial charge is 0.227 e. The lowest BCUT2D eigenvalue weighted by Gasteiger charge is -2.38. The molecule has 0 spiro atoms. The van der Waals surface area contributed by atoms with Gasteiger partial charge in [-0.15, -0.1) is 0 Å². The highest BCUT2D eigenvalue weighted by molar-refractivity contribution is 5.79. The van der Waals surface area contributed by atoms with E-state index in [0.29, 0.717) is 13.0 Å². The third-order valence-electron chi connectivity index (χ3n) is 4.31. The Labute approximate surface area is 131 Å². The van der Waals surface area contributed by atoms with Gasteiger partial charge in [0.2, 0.25) is 5.91 Å². The van der Waals surface area contributed by atoms with Crippen LogP contribution in [0.15, 0.2) is 36.7 Å². The first-order valence-electron chi connectivity index (χ1n) is 7.66. The first-order chi connectivity index (χ1) is 10.6. The molecule has 1 saturated heterocycles. The van der Waals surface area contributed by atoms with E-state index < -0.39 is 0 Å². The SMILES string of the molecule is Cc1ccc(CC(=O)N2CCN(C)[C@H](c3ncc[nH]3)C2)cc1. The van der Waals surface area contributed by atoms with Gasteiger partial charge in [-0.2, -0.15) is 0 Å². The quantitative estimate of drug-likeness (QED) is 0.939. The van der Waals surface area contributed by atoms with Gasteiger partial charge in [0.15, 0.2) is 0 Å². The van der Waals surface area contributed by atoms with Gasteiger partial charge in [0.05, 0.1) is 12.5 Å². The second-order valence-electron chi connectivity index (χ2n) is 5.97. The van der Waals surface area contributed by atoms with Crippen molar-refractivity contribution >= 4 is 5.91 Å². The van der Waals surface area contributed by atoms with Gasteiger partial charge >= 0.3 is 0 Å². The van der Waals surface area contributed by atoms with Crippen molar-refractivity contribution in [1.82, 2.24) is 19.8 Å². The molecule has 2 aromatic rings. The van der Waals surface area contributed by atoms with Crippen molar-refractivity contribution in [2.45, 2.75) is 19.4 Å². The van der Waals surface area contributed by atoms with Crippen molar-refractivity contribution < 1.29 is 4.79 Å². The summed E-state index contributed by atoms with van der Waals surface area (Å²) < 4.78 is 0. The van der Waals surface area contributed by atoms with Crippen molar-refractivity contribution in [3.63, 3.8) is 0 Å². The number of benzene rings is 1. The number of aromatic amines is 1. The van der Waals surface area contributed by atoms with Gasteiger partial charge < -0.3 is 9.88 Å². The zero-order chi connectivity index (χ0) is 15.5. The molecule has 1 amide bonds. The predicted octanol–water partition coefficient (Wildman–Crippen LogP) is 1.78. The Bertz CT molecular complexity index is 621. The van der Waals surface area contributed by atoms with Gasteiger partial charge in [0.25, 0.3) is 0 Å². The van der Waals surface area contributed by atoms with E-state index in [2.05, 4.69) is 41.0 Å². The number of nitrogens with zero attached hydrogens (tertiary/aromatic N) is 3. The predicted molar refractivity (Wildman–Crippen MR) is 85.4 cm³/mol. The zero-order valence-corrected chi connectivity index (χ0v) is 13.1. The van der Waals surface area contributed by atoms with Crippen LogP contribution in [0, 0.1) is 6.92 Å². The normalized spacial score (nSPS) is 19.4. The number of aryl methyl sites for hydroxylation is 1. The highest BCUT2D eigenvalue weighted by Gasteiger charge is 2.29. The molecule has 1 N–H and O–H groups in total. The number of rotatable bonds is 3.